The molecule has 4 heteroatoms. The average molecular weight is 547 g/mol. The number of rotatable bonds is 14. The van der Waals surface area contributed by atoms with Crippen molar-refractivity contribution in [3.8, 4) is 0 Å². The number of hydrogen-bond acceptors (Lipinski definition) is 4. The molecule has 0 aliphatic rings. The molecule has 0 fully saturated rings. The molecular formula is C36H50O4. The number of carbonyl (C=O) groups is 2. The van der Waals surface area contributed by atoms with Crippen LogP contribution in [0.2, 0.25) is 0 Å². The van der Waals surface area contributed by atoms with E-state index in [9.17, 15) is 9.59 Å². The van der Waals surface area contributed by atoms with Crippen molar-refractivity contribution in [2.45, 2.75) is 80.1 Å². The van der Waals surface area contributed by atoms with Crippen molar-refractivity contribution < 1.29 is 19.1 Å². The van der Waals surface area contributed by atoms with Gasteiger partial charge in [-0.25, -0.2) is 9.59 Å². The molecule has 2 aromatic rings. The van der Waals surface area contributed by atoms with Gasteiger partial charge in [0, 0.05) is 12.2 Å². The molecule has 0 N–H and O–H groups in total. The van der Waals surface area contributed by atoms with Gasteiger partial charge in [0.1, 0.15) is 0 Å². The molecule has 40 heavy (non-hydrogen) atoms. The lowest BCUT2D eigenvalue weighted by atomic mass is 10.0. The van der Waals surface area contributed by atoms with Crippen molar-refractivity contribution in [1.82, 2.24) is 0 Å². The molecule has 0 amide bonds. The lowest BCUT2D eigenvalue weighted by molar-refractivity contribution is -0.138. The van der Waals surface area contributed by atoms with Gasteiger partial charge in [0.2, 0.25) is 0 Å². The standard InChI is InChI=1S/C18H24O2.C16H20O2.C2H6/c1-3-5-6-11-16-12-7-8-13-17(16)14-9-10-15-18(19)20-4-2;1-3-9-14-10-5-6-11-15(14)12-7-8-13-16(17)18-4-2;1-2/h7-10,12-15H,3-6,11H2,1-2H3;5-8,10-13H,3-4,9H2,1-2H3;1-2H3/b14-9+,15-10+;12-7+,13-8+;. The zero-order chi connectivity index (χ0) is 29.8. The third kappa shape index (κ3) is 17.8. The first-order valence-corrected chi connectivity index (χ1v) is 14.7. The van der Waals surface area contributed by atoms with Gasteiger partial charge in [-0.2, -0.15) is 0 Å². The van der Waals surface area contributed by atoms with Crippen LogP contribution in [-0.2, 0) is 31.9 Å². The third-order valence-electron chi connectivity index (χ3n) is 5.49. The van der Waals surface area contributed by atoms with Gasteiger partial charge in [-0.15, -0.1) is 0 Å². The number of benzene rings is 2. The maximum atomic E-state index is 11.2. The number of allylic oxidation sites excluding steroid dienone is 4. The highest BCUT2D eigenvalue weighted by Gasteiger charge is 1.98. The summed E-state index contributed by atoms with van der Waals surface area (Å²) in [4.78, 5) is 22.2. The number of hydrogen-bond donors (Lipinski definition) is 0. The fourth-order valence-corrected chi connectivity index (χ4v) is 3.65. The fraction of sp³-hybridized carbons (Fsp3) is 0.389. The Balaban J connectivity index is 0.000000719. The molecule has 0 aliphatic carbocycles. The van der Waals surface area contributed by atoms with Crippen molar-refractivity contribution in [3.63, 3.8) is 0 Å². The smallest absolute Gasteiger partial charge is 0.330 e. The van der Waals surface area contributed by atoms with Crippen LogP contribution >= 0.6 is 0 Å². The van der Waals surface area contributed by atoms with Crippen molar-refractivity contribution in [1.29, 1.82) is 0 Å². The Bertz CT molecular complexity index is 1060. The number of carbonyl (C=O) groups excluding carboxylic acids is 2. The van der Waals surface area contributed by atoms with E-state index >= 15 is 0 Å². The molecule has 0 heterocycles. The normalized spacial score (nSPS) is 10.8. The topological polar surface area (TPSA) is 52.6 Å². The minimum absolute atomic E-state index is 0.298. The summed E-state index contributed by atoms with van der Waals surface area (Å²) in [5.74, 6) is -0.600. The maximum absolute atomic E-state index is 11.2. The van der Waals surface area contributed by atoms with Gasteiger partial charge >= 0.3 is 11.9 Å². The predicted molar refractivity (Wildman–Crippen MR) is 171 cm³/mol. The average Bonchev–Trinajstić information content (AvgIpc) is 2.97. The SMILES string of the molecule is CC.CCCCCc1ccccc1/C=C/C=C/C(=O)OCC.CCCc1ccccc1/C=C/C=C/C(=O)OCC. The first kappa shape index (κ1) is 36.3. The second kappa shape index (κ2) is 25.6. The van der Waals surface area contributed by atoms with E-state index in [2.05, 4.69) is 50.2 Å². The minimum atomic E-state index is -0.302. The van der Waals surface area contributed by atoms with E-state index < -0.39 is 0 Å². The Morgan fingerprint density at radius 1 is 0.600 bits per heavy atom. The van der Waals surface area contributed by atoms with Crippen LogP contribution in [0.15, 0.2) is 85.0 Å². The van der Waals surface area contributed by atoms with Crippen LogP contribution < -0.4 is 0 Å². The second-order valence-electron chi connectivity index (χ2n) is 8.55. The zero-order valence-electron chi connectivity index (χ0n) is 25.5. The van der Waals surface area contributed by atoms with Crippen molar-refractivity contribution in [2.75, 3.05) is 13.2 Å². The van der Waals surface area contributed by atoms with Gasteiger partial charge < -0.3 is 9.47 Å². The Hall–Kier alpha value is -3.66. The molecule has 0 aliphatic heterocycles. The molecule has 0 bridgehead atoms. The Labute approximate surface area is 243 Å². The summed E-state index contributed by atoms with van der Waals surface area (Å²) in [5, 5.41) is 0. The Morgan fingerprint density at radius 2 is 1.05 bits per heavy atom. The maximum Gasteiger partial charge on any atom is 0.330 e. The van der Waals surface area contributed by atoms with Crippen molar-refractivity contribution in [3.05, 3.63) is 107 Å². The summed E-state index contributed by atoms with van der Waals surface area (Å²) >= 11 is 0. The summed E-state index contributed by atoms with van der Waals surface area (Å²) in [6, 6.07) is 16.7. The molecule has 0 unspecified atom stereocenters. The van der Waals surface area contributed by atoms with Crippen LogP contribution in [0.5, 0.6) is 0 Å². The fourth-order valence-electron chi connectivity index (χ4n) is 3.65. The number of esters is 2. The van der Waals surface area contributed by atoms with E-state index in [1.807, 2.05) is 50.3 Å². The van der Waals surface area contributed by atoms with Gasteiger partial charge in [-0.3, -0.25) is 0 Å². The number of ether oxygens (including phenoxy) is 2. The molecule has 4 nitrogen and oxygen atoms in total. The lowest BCUT2D eigenvalue weighted by Gasteiger charge is -2.05. The first-order chi connectivity index (χ1) is 19.5. The van der Waals surface area contributed by atoms with Crippen molar-refractivity contribution in [2.24, 2.45) is 0 Å². The second-order valence-corrected chi connectivity index (χ2v) is 8.55. The van der Waals surface area contributed by atoms with Gasteiger partial charge in [-0.1, -0.05) is 132 Å². The third-order valence-corrected chi connectivity index (χ3v) is 5.49. The van der Waals surface area contributed by atoms with E-state index in [0.717, 1.165) is 19.3 Å². The zero-order valence-corrected chi connectivity index (χ0v) is 25.5. The van der Waals surface area contributed by atoms with Gasteiger partial charge in [-0.05, 0) is 55.4 Å². The molecule has 0 radical (unpaired) electrons. The highest BCUT2D eigenvalue weighted by Crippen LogP contribution is 2.15. The molecule has 0 spiro atoms. The van der Waals surface area contributed by atoms with Crippen LogP contribution in [0, 0.1) is 0 Å². The van der Waals surface area contributed by atoms with E-state index in [0.29, 0.717) is 13.2 Å². The van der Waals surface area contributed by atoms with E-state index in [-0.39, 0.29) is 11.9 Å². The number of aryl methyl sites for hydroxylation is 2. The highest BCUT2D eigenvalue weighted by atomic mass is 16.5. The van der Waals surface area contributed by atoms with Crippen LogP contribution in [0.1, 0.15) is 89.5 Å². The van der Waals surface area contributed by atoms with Gasteiger partial charge in [0.15, 0.2) is 0 Å². The molecule has 0 atom stereocenters. The van der Waals surface area contributed by atoms with Gasteiger partial charge in [0.25, 0.3) is 0 Å². The summed E-state index contributed by atoms with van der Waals surface area (Å²) in [6.07, 6.45) is 21.1. The molecule has 2 aromatic carbocycles. The van der Waals surface area contributed by atoms with Crippen LogP contribution in [-0.4, -0.2) is 25.2 Å². The summed E-state index contributed by atoms with van der Waals surface area (Å²) in [6.45, 7) is 12.8. The van der Waals surface area contributed by atoms with E-state index in [1.165, 1.54) is 53.7 Å². The van der Waals surface area contributed by atoms with Crippen LogP contribution in [0.3, 0.4) is 0 Å². The quantitative estimate of drug-likeness (QED) is 0.102. The number of unbranched alkanes of at least 4 members (excludes halogenated alkanes) is 2. The minimum Gasteiger partial charge on any atom is -0.463 e. The predicted octanol–water partition coefficient (Wildman–Crippen LogP) is 9.35. The lowest BCUT2D eigenvalue weighted by Crippen LogP contribution is -1.98. The molecule has 0 saturated heterocycles. The summed E-state index contributed by atoms with van der Waals surface area (Å²) in [7, 11) is 0. The Morgan fingerprint density at radius 3 is 1.48 bits per heavy atom. The van der Waals surface area contributed by atoms with Crippen molar-refractivity contribution >= 4 is 24.1 Å². The van der Waals surface area contributed by atoms with Crippen LogP contribution in [0.4, 0.5) is 0 Å². The molecule has 0 saturated carbocycles. The first-order valence-electron chi connectivity index (χ1n) is 14.7. The molecule has 218 valence electrons. The van der Waals surface area contributed by atoms with E-state index in [4.69, 9.17) is 9.47 Å². The largest absolute Gasteiger partial charge is 0.463 e. The molecular weight excluding hydrogens is 496 g/mol. The highest BCUT2D eigenvalue weighted by molar-refractivity contribution is 5.83. The Kier molecular flexibility index (Phi) is 23.3. The molecule has 2 rings (SSSR count). The summed E-state index contributed by atoms with van der Waals surface area (Å²) < 4.78 is 9.62. The molecule has 0 aromatic heterocycles. The van der Waals surface area contributed by atoms with E-state index in [1.54, 1.807) is 26.0 Å². The summed E-state index contributed by atoms with van der Waals surface area (Å²) in [5.41, 5.74) is 5.12. The monoisotopic (exact) mass is 546 g/mol. The van der Waals surface area contributed by atoms with Crippen LogP contribution in [0.25, 0.3) is 12.2 Å². The van der Waals surface area contributed by atoms with Gasteiger partial charge in [0.05, 0.1) is 13.2 Å².